The van der Waals surface area contributed by atoms with Gasteiger partial charge in [0.15, 0.2) is 0 Å². The summed E-state index contributed by atoms with van der Waals surface area (Å²) in [5, 5.41) is 13.1. The van der Waals surface area contributed by atoms with E-state index in [1.165, 1.54) is 18.4 Å². The Morgan fingerprint density at radius 3 is 2.68 bits per heavy atom. The van der Waals surface area contributed by atoms with Crippen molar-refractivity contribution < 1.29 is 9.84 Å². The number of ether oxygens (including phenoxy) is 1. The van der Waals surface area contributed by atoms with E-state index < -0.39 is 0 Å². The molecule has 19 heavy (non-hydrogen) atoms. The third kappa shape index (κ3) is 3.44. The molecule has 0 saturated heterocycles. The van der Waals surface area contributed by atoms with Crippen molar-refractivity contribution in [3.8, 4) is 5.75 Å². The molecular weight excluding hydrogens is 258 g/mol. The molecular formula is C15H23NO2S. The van der Waals surface area contributed by atoms with E-state index in [0.717, 1.165) is 30.0 Å². The molecule has 0 unspecified atom stereocenters. The molecule has 1 aromatic rings. The Hall–Kier alpha value is -0.710. The zero-order chi connectivity index (χ0) is 13.7. The van der Waals surface area contributed by atoms with E-state index in [1.54, 1.807) is 18.9 Å². The maximum Gasteiger partial charge on any atom is 0.132 e. The van der Waals surface area contributed by atoms with E-state index in [0.29, 0.717) is 0 Å². The van der Waals surface area contributed by atoms with Crippen LogP contribution in [0.1, 0.15) is 31.2 Å². The van der Waals surface area contributed by atoms with Crippen molar-refractivity contribution in [2.75, 3.05) is 20.0 Å². The number of nitrogens with one attached hydrogen (secondary N) is 1. The van der Waals surface area contributed by atoms with E-state index >= 15 is 0 Å². The predicted molar refractivity (Wildman–Crippen MR) is 79.9 cm³/mol. The van der Waals surface area contributed by atoms with Gasteiger partial charge in [-0.1, -0.05) is 18.9 Å². The van der Waals surface area contributed by atoms with Crippen LogP contribution in [0.4, 0.5) is 0 Å². The smallest absolute Gasteiger partial charge is 0.132 e. The molecule has 0 bridgehead atoms. The van der Waals surface area contributed by atoms with E-state index in [2.05, 4.69) is 29.8 Å². The van der Waals surface area contributed by atoms with Crippen LogP contribution in [0.2, 0.25) is 0 Å². The first kappa shape index (κ1) is 14.7. The number of rotatable bonds is 6. The molecule has 1 aliphatic carbocycles. The lowest BCUT2D eigenvalue weighted by Gasteiger charge is -2.28. The van der Waals surface area contributed by atoms with Gasteiger partial charge in [-0.2, -0.15) is 0 Å². The summed E-state index contributed by atoms with van der Waals surface area (Å²) in [6.07, 6.45) is 6.62. The number of thioether (sulfide) groups is 1. The number of aliphatic hydroxyl groups excluding tert-OH is 1. The van der Waals surface area contributed by atoms with Crippen molar-refractivity contribution in [3.05, 3.63) is 23.8 Å². The second-order valence-corrected chi connectivity index (χ2v) is 6.04. The van der Waals surface area contributed by atoms with E-state index in [1.807, 2.05) is 0 Å². The SMILES string of the molecule is COc1cc(CNC2(CO)CCCC2)ccc1SC. The van der Waals surface area contributed by atoms with Gasteiger partial charge in [-0.3, -0.25) is 0 Å². The van der Waals surface area contributed by atoms with Gasteiger partial charge in [0.1, 0.15) is 5.75 Å². The van der Waals surface area contributed by atoms with Gasteiger partial charge in [0, 0.05) is 17.0 Å². The summed E-state index contributed by atoms with van der Waals surface area (Å²) in [6, 6.07) is 6.31. The van der Waals surface area contributed by atoms with Gasteiger partial charge < -0.3 is 15.2 Å². The van der Waals surface area contributed by atoms with E-state index in [4.69, 9.17) is 4.74 Å². The van der Waals surface area contributed by atoms with Crippen LogP contribution in [-0.2, 0) is 6.54 Å². The minimum Gasteiger partial charge on any atom is -0.496 e. The highest BCUT2D eigenvalue weighted by Crippen LogP contribution is 2.31. The largest absolute Gasteiger partial charge is 0.496 e. The fourth-order valence-electron chi connectivity index (χ4n) is 2.72. The molecule has 0 aliphatic heterocycles. The third-order valence-electron chi connectivity index (χ3n) is 3.98. The number of aliphatic hydroxyl groups is 1. The number of hydrogen-bond acceptors (Lipinski definition) is 4. The van der Waals surface area contributed by atoms with Crippen molar-refractivity contribution in [3.63, 3.8) is 0 Å². The van der Waals surface area contributed by atoms with Gasteiger partial charge in [0.2, 0.25) is 0 Å². The first-order chi connectivity index (χ1) is 9.23. The zero-order valence-electron chi connectivity index (χ0n) is 11.7. The first-order valence-corrected chi connectivity index (χ1v) is 8.02. The van der Waals surface area contributed by atoms with Crippen molar-refractivity contribution in [2.45, 2.75) is 42.7 Å². The van der Waals surface area contributed by atoms with Crippen LogP contribution in [0.15, 0.2) is 23.1 Å². The fourth-order valence-corrected chi connectivity index (χ4v) is 3.27. The van der Waals surface area contributed by atoms with Crippen LogP contribution >= 0.6 is 11.8 Å². The number of hydrogen-bond donors (Lipinski definition) is 2. The van der Waals surface area contributed by atoms with Crippen LogP contribution < -0.4 is 10.1 Å². The molecule has 106 valence electrons. The summed E-state index contributed by atoms with van der Waals surface area (Å²) in [6.45, 7) is 1.01. The van der Waals surface area contributed by atoms with E-state index in [-0.39, 0.29) is 12.1 Å². The summed E-state index contributed by atoms with van der Waals surface area (Å²) >= 11 is 1.69. The number of methoxy groups -OCH3 is 1. The lowest BCUT2D eigenvalue weighted by Crippen LogP contribution is -2.45. The van der Waals surface area contributed by atoms with Crippen LogP contribution in [-0.4, -0.2) is 30.6 Å². The Balaban J connectivity index is 2.03. The Morgan fingerprint density at radius 1 is 1.37 bits per heavy atom. The Labute approximate surface area is 119 Å². The van der Waals surface area contributed by atoms with Crippen LogP contribution in [0, 0.1) is 0 Å². The second kappa shape index (κ2) is 6.64. The summed E-state index contributed by atoms with van der Waals surface area (Å²) < 4.78 is 5.40. The van der Waals surface area contributed by atoms with Gasteiger partial charge in [0.25, 0.3) is 0 Å². The molecule has 4 heteroatoms. The standard InChI is InChI=1S/C15H23NO2S/c1-18-13-9-12(5-6-14(13)19-2)10-16-15(11-17)7-3-4-8-15/h5-6,9,16-17H,3-4,7-8,10-11H2,1-2H3. The molecule has 1 aromatic carbocycles. The average molecular weight is 281 g/mol. The lowest BCUT2D eigenvalue weighted by molar-refractivity contribution is 0.163. The molecule has 0 amide bonds. The molecule has 0 aromatic heterocycles. The molecule has 1 saturated carbocycles. The summed E-state index contributed by atoms with van der Waals surface area (Å²) in [7, 11) is 1.71. The van der Waals surface area contributed by atoms with Crippen molar-refractivity contribution in [1.29, 1.82) is 0 Å². The van der Waals surface area contributed by atoms with Gasteiger partial charge in [0.05, 0.1) is 13.7 Å². The lowest BCUT2D eigenvalue weighted by atomic mass is 9.98. The highest BCUT2D eigenvalue weighted by Gasteiger charge is 2.32. The van der Waals surface area contributed by atoms with Crippen molar-refractivity contribution in [1.82, 2.24) is 5.32 Å². The van der Waals surface area contributed by atoms with Gasteiger partial charge in [-0.05, 0) is 36.8 Å². The first-order valence-electron chi connectivity index (χ1n) is 6.80. The van der Waals surface area contributed by atoms with Gasteiger partial charge in [-0.15, -0.1) is 11.8 Å². The minimum atomic E-state index is -0.0641. The molecule has 0 radical (unpaired) electrons. The minimum absolute atomic E-state index is 0.0641. The Morgan fingerprint density at radius 2 is 2.11 bits per heavy atom. The van der Waals surface area contributed by atoms with Crippen molar-refractivity contribution >= 4 is 11.8 Å². The molecule has 1 aliphatic rings. The topological polar surface area (TPSA) is 41.5 Å². The third-order valence-corrected chi connectivity index (χ3v) is 4.76. The number of benzene rings is 1. The monoisotopic (exact) mass is 281 g/mol. The van der Waals surface area contributed by atoms with Gasteiger partial charge >= 0.3 is 0 Å². The molecule has 3 nitrogen and oxygen atoms in total. The Kier molecular flexibility index (Phi) is 5.13. The van der Waals surface area contributed by atoms with Crippen molar-refractivity contribution in [2.24, 2.45) is 0 Å². The average Bonchev–Trinajstić information content (AvgIpc) is 2.94. The summed E-state index contributed by atoms with van der Waals surface area (Å²) in [4.78, 5) is 1.16. The molecule has 0 heterocycles. The second-order valence-electron chi connectivity index (χ2n) is 5.19. The highest BCUT2D eigenvalue weighted by atomic mass is 32.2. The molecule has 1 fully saturated rings. The van der Waals surface area contributed by atoms with Crippen LogP contribution in [0.25, 0.3) is 0 Å². The predicted octanol–water partition coefficient (Wildman–Crippen LogP) is 2.81. The zero-order valence-corrected chi connectivity index (χ0v) is 12.6. The fraction of sp³-hybridized carbons (Fsp3) is 0.600. The van der Waals surface area contributed by atoms with E-state index in [9.17, 15) is 5.11 Å². The maximum absolute atomic E-state index is 9.59. The maximum atomic E-state index is 9.59. The normalized spacial score (nSPS) is 17.6. The highest BCUT2D eigenvalue weighted by molar-refractivity contribution is 7.98. The molecule has 2 rings (SSSR count). The Bertz CT molecular complexity index is 417. The summed E-state index contributed by atoms with van der Waals surface area (Å²) in [5.41, 5.74) is 1.14. The summed E-state index contributed by atoms with van der Waals surface area (Å²) in [5.74, 6) is 0.927. The molecule has 2 N–H and O–H groups in total. The van der Waals surface area contributed by atoms with Crippen LogP contribution in [0.5, 0.6) is 5.75 Å². The van der Waals surface area contributed by atoms with Gasteiger partial charge in [-0.25, -0.2) is 0 Å². The molecule has 0 spiro atoms. The van der Waals surface area contributed by atoms with Crippen LogP contribution in [0.3, 0.4) is 0 Å². The quantitative estimate of drug-likeness (QED) is 0.787. The molecule has 0 atom stereocenters.